The smallest absolute Gasteiger partial charge is 0.159 e. The molecule has 0 spiro atoms. The molecule has 1 aromatic carbocycles. The van der Waals surface area contributed by atoms with E-state index in [-0.39, 0.29) is 6.04 Å². The molecular weight excluding hydrogens is 246 g/mol. The number of hydrogen-bond donors (Lipinski definition) is 1. The highest BCUT2D eigenvalue weighted by Gasteiger charge is 2.06. The summed E-state index contributed by atoms with van der Waals surface area (Å²) in [7, 11) is 0. The van der Waals surface area contributed by atoms with Gasteiger partial charge in [-0.1, -0.05) is 11.6 Å². The molecule has 0 aliphatic heterocycles. The molecule has 2 rings (SSSR count). The Hall–Kier alpha value is -1.45. The van der Waals surface area contributed by atoms with Crippen LogP contribution in [0, 0.1) is 6.92 Å². The van der Waals surface area contributed by atoms with Gasteiger partial charge >= 0.3 is 0 Å². The summed E-state index contributed by atoms with van der Waals surface area (Å²) in [6.07, 6.45) is 0.754. The van der Waals surface area contributed by atoms with Crippen LogP contribution >= 0.6 is 11.6 Å². The van der Waals surface area contributed by atoms with Crippen molar-refractivity contribution in [3.63, 3.8) is 0 Å². The fourth-order valence-corrected chi connectivity index (χ4v) is 1.92. The SMILES string of the molecule is Cc1cc(CC(C)N)nc(-c2ccc(Cl)cc2)n1. The maximum Gasteiger partial charge on any atom is 0.159 e. The van der Waals surface area contributed by atoms with Gasteiger partial charge < -0.3 is 5.73 Å². The summed E-state index contributed by atoms with van der Waals surface area (Å²) in [4.78, 5) is 8.99. The highest BCUT2D eigenvalue weighted by Crippen LogP contribution is 2.19. The third-order valence-corrected chi connectivity index (χ3v) is 2.79. The van der Waals surface area contributed by atoms with Gasteiger partial charge in [-0.15, -0.1) is 0 Å². The number of aromatic nitrogens is 2. The fraction of sp³-hybridized carbons (Fsp3) is 0.286. The highest BCUT2D eigenvalue weighted by atomic mass is 35.5. The molecule has 0 aliphatic carbocycles. The highest BCUT2D eigenvalue weighted by molar-refractivity contribution is 6.30. The number of hydrogen-bond acceptors (Lipinski definition) is 3. The standard InChI is InChI=1S/C14H16ClN3/c1-9(16)7-13-8-10(2)17-14(18-13)11-3-5-12(15)6-4-11/h3-6,8-9H,7,16H2,1-2H3. The van der Waals surface area contributed by atoms with Crippen molar-refractivity contribution in [1.82, 2.24) is 9.97 Å². The number of nitrogens with two attached hydrogens (primary N) is 1. The molecule has 2 aromatic rings. The van der Waals surface area contributed by atoms with Gasteiger partial charge in [-0.2, -0.15) is 0 Å². The van der Waals surface area contributed by atoms with Crippen LogP contribution in [-0.2, 0) is 6.42 Å². The Balaban J connectivity index is 2.38. The minimum atomic E-state index is 0.0948. The lowest BCUT2D eigenvalue weighted by Crippen LogP contribution is -2.19. The largest absolute Gasteiger partial charge is 0.328 e. The van der Waals surface area contributed by atoms with E-state index >= 15 is 0 Å². The molecule has 0 radical (unpaired) electrons. The van der Waals surface area contributed by atoms with E-state index in [1.807, 2.05) is 44.2 Å². The summed E-state index contributed by atoms with van der Waals surface area (Å²) in [5.41, 5.74) is 8.70. The van der Waals surface area contributed by atoms with Crippen LogP contribution in [-0.4, -0.2) is 16.0 Å². The monoisotopic (exact) mass is 261 g/mol. The molecule has 1 aromatic heterocycles. The second-order valence-corrected chi connectivity index (χ2v) is 4.95. The van der Waals surface area contributed by atoms with Gasteiger partial charge in [0.1, 0.15) is 0 Å². The van der Waals surface area contributed by atoms with E-state index in [1.54, 1.807) is 0 Å². The van der Waals surface area contributed by atoms with Crippen LogP contribution in [0.25, 0.3) is 11.4 Å². The molecule has 2 N–H and O–H groups in total. The molecule has 0 amide bonds. The van der Waals surface area contributed by atoms with E-state index in [0.717, 1.165) is 29.2 Å². The molecule has 94 valence electrons. The molecule has 18 heavy (non-hydrogen) atoms. The summed E-state index contributed by atoms with van der Waals surface area (Å²) in [5, 5.41) is 0.710. The first-order valence-corrected chi connectivity index (χ1v) is 6.28. The summed E-state index contributed by atoms with van der Waals surface area (Å²) < 4.78 is 0. The molecule has 1 heterocycles. The first-order valence-electron chi connectivity index (χ1n) is 5.90. The Kier molecular flexibility index (Phi) is 3.94. The third-order valence-electron chi connectivity index (χ3n) is 2.54. The molecule has 0 fully saturated rings. The van der Waals surface area contributed by atoms with Crippen molar-refractivity contribution in [3.05, 3.63) is 46.7 Å². The Labute approximate surface area is 112 Å². The van der Waals surface area contributed by atoms with Crippen molar-refractivity contribution >= 4 is 11.6 Å². The second-order valence-electron chi connectivity index (χ2n) is 4.51. The van der Waals surface area contributed by atoms with Crippen LogP contribution in [0.3, 0.4) is 0 Å². The van der Waals surface area contributed by atoms with Gasteiger partial charge in [0.25, 0.3) is 0 Å². The molecule has 1 unspecified atom stereocenters. The van der Waals surface area contributed by atoms with Gasteiger partial charge in [0, 0.05) is 34.4 Å². The van der Waals surface area contributed by atoms with Crippen molar-refractivity contribution in [2.45, 2.75) is 26.3 Å². The number of aryl methyl sites for hydroxylation is 1. The average Bonchev–Trinajstić information content (AvgIpc) is 2.28. The molecule has 0 saturated carbocycles. The van der Waals surface area contributed by atoms with Crippen molar-refractivity contribution in [2.75, 3.05) is 0 Å². The van der Waals surface area contributed by atoms with Gasteiger partial charge in [0.15, 0.2) is 5.82 Å². The summed E-state index contributed by atoms with van der Waals surface area (Å²) >= 11 is 5.87. The van der Waals surface area contributed by atoms with Crippen LogP contribution in [0.5, 0.6) is 0 Å². The predicted octanol–water partition coefficient (Wildman–Crippen LogP) is 3.00. The van der Waals surface area contributed by atoms with Gasteiger partial charge in [-0.25, -0.2) is 9.97 Å². The lowest BCUT2D eigenvalue weighted by atomic mass is 10.1. The van der Waals surface area contributed by atoms with Crippen molar-refractivity contribution in [1.29, 1.82) is 0 Å². The van der Waals surface area contributed by atoms with Crippen LogP contribution in [0.15, 0.2) is 30.3 Å². The zero-order valence-corrected chi connectivity index (χ0v) is 11.3. The third kappa shape index (κ3) is 3.28. The molecular formula is C14H16ClN3. The van der Waals surface area contributed by atoms with Crippen molar-refractivity contribution < 1.29 is 0 Å². The van der Waals surface area contributed by atoms with Gasteiger partial charge in [-0.3, -0.25) is 0 Å². The van der Waals surface area contributed by atoms with E-state index in [9.17, 15) is 0 Å². The van der Waals surface area contributed by atoms with E-state index in [2.05, 4.69) is 9.97 Å². The first kappa shape index (κ1) is 13.0. The Morgan fingerprint density at radius 2 is 1.89 bits per heavy atom. The molecule has 0 aliphatic rings. The summed E-state index contributed by atoms with van der Waals surface area (Å²) in [5.74, 6) is 0.724. The maximum absolute atomic E-state index is 5.87. The zero-order chi connectivity index (χ0) is 13.1. The molecule has 1 atom stereocenters. The first-order chi connectivity index (χ1) is 8.54. The Morgan fingerprint density at radius 1 is 1.22 bits per heavy atom. The van der Waals surface area contributed by atoms with Crippen LogP contribution in [0.4, 0.5) is 0 Å². The number of benzene rings is 1. The lowest BCUT2D eigenvalue weighted by Gasteiger charge is -2.08. The van der Waals surface area contributed by atoms with Crippen molar-refractivity contribution in [3.8, 4) is 11.4 Å². The summed E-state index contributed by atoms with van der Waals surface area (Å²) in [6, 6.07) is 9.60. The average molecular weight is 262 g/mol. The topological polar surface area (TPSA) is 51.8 Å². The van der Waals surface area contributed by atoms with E-state index in [0.29, 0.717) is 5.02 Å². The van der Waals surface area contributed by atoms with Gasteiger partial charge in [0.05, 0.1) is 0 Å². The van der Waals surface area contributed by atoms with Crippen LogP contribution < -0.4 is 5.73 Å². The maximum atomic E-state index is 5.87. The fourth-order valence-electron chi connectivity index (χ4n) is 1.80. The number of halogens is 1. The van der Waals surface area contributed by atoms with Crippen molar-refractivity contribution in [2.24, 2.45) is 5.73 Å². The molecule has 0 bridgehead atoms. The normalized spacial score (nSPS) is 12.4. The minimum Gasteiger partial charge on any atom is -0.328 e. The minimum absolute atomic E-state index is 0.0948. The number of rotatable bonds is 3. The summed E-state index contributed by atoms with van der Waals surface area (Å²) in [6.45, 7) is 3.94. The van der Waals surface area contributed by atoms with E-state index in [4.69, 9.17) is 17.3 Å². The van der Waals surface area contributed by atoms with Gasteiger partial charge in [-0.05, 0) is 44.2 Å². The molecule has 0 saturated heterocycles. The molecule has 3 nitrogen and oxygen atoms in total. The van der Waals surface area contributed by atoms with Crippen LogP contribution in [0.1, 0.15) is 18.3 Å². The second kappa shape index (κ2) is 5.46. The quantitative estimate of drug-likeness (QED) is 0.924. The lowest BCUT2D eigenvalue weighted by molar-refractivity contribution is 0.719. The number of nitrogens with zero attached hydrogens (tertiary/aromatic N) is 2. The van der Waals surface area contributed by atoms with Crippen LogP contribution in [0.2, 0.25) is 5.02 Å². The van der Waals surface area contributed by atoms with E-state index in [1.165, 1.54) is 0 Å². The Bertz CT molecular complexity index is 535. The Morgan fingerprint density at radius 3 is 2.50 bits per heavy atom. The predicted molar refractivity (Wildman–Crippen MR) is 74.6 cm³/mol. The van der Waals surface area contributed by atoms with Gasteiger partial charge in [0.2, 0.25) is 0 Å². The zero-order valence-electron chi connectivity index (χ0n) is 10.5. The van der Waals surface area contributed by atoms with E-state index < -0.39 is 0 Å². The molecule has 4 heteroatoms.